The van der Waals surface area contributed by atoms with Gasteiger partial charge in [0, 0.05) is 22.2 Å². The van der Waals surface area contributed by atoms with Crippen molar-refractivity contribution in [3.8, 4) is 5.75 Å². The van der Waals surface area contributed by atoms with Gasteiger partial charge >= 0.3 is 0 Å². The first kappa shape index (κ1) is 24.9. The lowest BCUT2D eigenvalue weighted by atomic mass is 9.95. The molecule has 5 rings (SSSR count). The van der Waals surface area contributed by atoms with Crippen molar-refractivity contribution in [1.29, 1.82) is 0 Å². The second-order valence-electron chi connectivity index (χ2n) is 8.74. The van der Waals surface area contributed by atoms with E-state index < -0.39 is 6.04 Å². The van der Waals surface area contributed by atoms with E-state index in [0.29, 0.717) is 33.1 Å². The van der Waals surface area contributed by atoms with E-state index in [1.54, 1.807) is 47.8 Å². The average molecular weight is 532 g/mol. The molecule has 0 radical (unpaired) electrons. The summed E-state index contributed by atoms with van der Waals surface area (Å²) in [5, 5.41) is 12.4. The number of ether oxygens (including phenoxy) is 1. The Kier molecular flexibility index (Phi) is 7.21. The molecule has 2 heterocycles. The molecule has 0 spiro atoms. The number of benzene rings is 3. The number of methoxy groups -OCH3 is 1. The van der Waals surface area contributed by atoms with E-state index in [0.717, 1.165) is 17.1 Å². The molecule has 0 saturated carbocycles. The third kappa shape index (κ3) is 5.50. The first-order valence-corrected chi connectivity index (χ1v) is 13.1. The minimum Gasteiger partial charge on any atom is -0.497 e. The number of amides is 1. The summed E-state index contributed by atoms with van der Waals surface area (Å²) in [5.74, 6) is 1.82. The van der Waals surface area contributed by atoms with Gasteiger partial charge in [-0.05, 0) is 61.4 Å². The van der Waals surface area contributed by atoms with Gasteiger partial charge in [-0.15, -0.1) is 5.10 Å². The van der Waals surface area contributed by atoms with Gasteiger partial charge in [0.2, 0.25) is 11.1 Å². The first-order chi connectivity index (χ1) is 17.9. The van der Waals surface area contributed by atoms with Gasteiger partial charge < -0.3 is 15.4 Å². The van der Waals surface area contributed by atoms with Crippen LogP contribution in [0.15, 0.2) is 89.2 Å². The summed E-state index contributed by atoms with van der Waals surface area (Å²) < 4.78 is 7.00. The number of anilines is 2. The summed E-state index contributed by atoms with van der Waals surface area (Å²) in [6.45, 7) is 3.96. The third-order valence-electron chi connectivity index (χ3n) is 6.06. The number of carbonyl (C=O) groups is 1. The Morgan fingerprint density at radius 1 is 1.11 bits per heavy atom. The fourth-order valence-electron chi connectivity index (χ4n) is 4.26. The van der Waals surface area contributed by atoms with Gasteiger partial charge in [-0.2, -0.15) is 4.98 Å². The minimum absolute atomic E-state index is 0.231. The van der Waals surface area contributed by atoms with Gasteiger partial charge in [0.1, 0.15) is 11.8 Å². The molecule has 3 aromatic carbocycles. The Morgan fingerprint density at radius 3 is 2.57 bits per heavy atom. The van der Waals surface area contributed by atoms with Crippen molar-refractivity contribution in [3.05, 3.63) is 106 Å². The van der Waals surface area contributed by atoms with Gasteiger partial charge in [0.05, 0.1) is 12.7 Å². The molecule has 1 aliphatic rings. The Bertz CT molecular complexity index is 1460. The SMILES string of the molecule is COc1ccc(NC(=O)C2=C(C)Nc3nc(SCc4cccc(C)c4)nn3C2c2ccc(Cl)cc2)cc1. The smallest absolute Gasteiger partial charge is 0.255 e. The van der Waals surface area contributed by atoms with Crippen LogP contribution < -0.4 is 15.4 Å². The van der Waals surface area contributed by atoms with Crippen LogP contribution in [0.5, 0.6) is 5.75 Å². The maximum atomic E-state index is 13.6. The maximum Gasteiger partial charge on any atom is 0.255 e. The lowest BCUT2D eigenvalue weighted by Gasteiger charge is -2.28. The Morgan fingerprint density at radius 2 is 1.86 bits per heavy atom. The topological polar surface area (TPSA) is 81.1 Å². The third-order valence-corrected chi connectivity index (χ3v) is 7.22. The molecule has 9 heteroatoms. The Hall–Kier alpha value is -3.75. The zero-order valence-electron chi connectivity index (χ0n) is 20.7. The van der Waals surface area contributed by atoms with Crippen LogP contribution in [0.25, 0.3) is 0 Å². The molecule has 1 amide bonds. The van der Waals surface area contributed by atoms with E-state index in [2.05, 4.69) is 41.8 Å². The summed E-state index contributed by atoms with van der Waals surface area (Å²) in [6.07, 6.45) is 0. The highest BCUT2D eigenvalue weighted by molar-refractivity contribution is 7.98. The molecule has 0 aliphatic carbocycles. The fourth-order valence-corrected chi connectivity index (χ4v) is 5.16. The van der Waals surface area contributed by atoms with Crippen LogP contribution >= 0.6 is 23.4 Å². The van der Waals surface area contributed by atoms with Crippen LogP contribution in [0.2, 0.25) is 5.02 Å². The van der Waals surface area contributed by atoms with E-state index >= 15 is 0 Å². The predicted octanol–water partition coefficient (Wildman–Crippen LogP) is 6.47. The van der Waals surface area contributed by atoms with Crippen LogP contribution in [0.1, 0.15) is 29.7 Å². The molecule has 0 fully saturated rings. The second kappa shape index (κ2) is 10.7. The molecule has 1 atom stereocenters. The molecule has 1 aromatic heterocycles. The molecule has 0 saturated heterocycles. The number of hydrogen-bond acceptors (Lipinski definition) is 6. The maximum absolute atomic E-state index is 13.6. The van der Waals surface area contributed by atoms with E-state index in [1.807, 2.05) is 31.2 Å². The highest BCUT2D eigenvalue weighted by Gasteiger charge is 2.34. The van der Waals surface area contributed by atoms with E-state index in [4.69, 9.17) is 26.4 Å². The van der Waals surface area contributed by atoms with E-state index in [9.17, 15) is 4.79 Å². The van der Waals surface area contributed by atoms with Gasteiger partial charge in [-0.25, -0.2) is 4.68 Å². The van der Waals surface area contributed by atoms with Crippen molar-refractivity contribution in [3.63, 3.8) is 0 Å². The summed E-state index contributed by atoms with van der Waals surface area (Å²) >= 11 is 7.73. The van der Waals surface area contributed by atoms with Crippen molar-refractivity contribution < 1.29 is 9.53 Å². The molecular formula is C28H26ClN5O2S. The number of nitrogens with zero attached hydrogens (tertiary/aromatic N) is 3. The number of nitrogens with one attached hydrogen (secondary N) is 2. The van der Waals surface area contributed by atoms with Crippen LogP contribution in [0, 0.1) is 6.92 Å². The zero-order chi connectivity index (χ0) is 25.9. The van der Waals surface area contributed by atoms with Crippen LogP contribution in [0.4, 0.5) is 11.6 Å². The highest BCUT2D eigenvalue weighted by Crippen LogP contribution is 2.37. The molecule has 4 aromatic rings. The number of carbonyl (C=O) groups excluding carboxylic acids is 1. The summed E-state index contributed by atoms with van der Waals surface area (Å²) in [6, 6.07) is 22.6. The first-order valence-electron chi connectivity index (χ1n) is 11.7. The van der Waals surface area contributed by atoms with Crippen LogP contribution in [0.3, 0.4) is 0 Å². The number of halogens is 1. The number of aromatic nitrogens is 3. The fraction of sp³-hybridized carbons (Fsp3) is 0.179. The van der Waals surface area contributed by atoms with Crippen molar-refractivity contribution in [2.75, 3.05) is 17.7 Å². The lowest BCUT2D eigenvalue weighted by Crippen LogP contribution is -2.31. The number of allylic oxidation sites excluding steroid dienone is 1. The number of rotatable bonds is 7. The molecule has 2 N–H and O–H groups in total. The molecule has 0 bridgehead atoms. The van der Waals surface area contributed by atoms with E-state index in [1.165, 1.54) is 11.1 Å². The summed E-state index contributed by atoms with van der Waals surface area (Å²) in [7, 11) is 1.61. The van der Waals surface area contributed by atoms with Crippen molar-refractivity contribution in [1.82, 2.24) is 14.8 Å². The molecule has 7 nitrogen and oxygen atoms in total. The van der Waals surface area contributed by atoms with Crippen LogP contribution in [-0.4, -0.2) is 27.8 Å². The molecule has 1 unspecified atom stereocenters. The van der Waals surface area contributed by atoms with Gasteiger partial charge in [-0.3, -0.25) is 4.79 Å². The summed E-state index contributed by atoms with van der Waals surface area (Å²) in [4.78, 5) is 18.3. The molecule has 1 aliphatic heterocycles. The number of thioether (sulfide) groups is 1. The lowest BCUT2D eigenvalue weighted by molar-refractivity contribution is -0.113. The van der Waals surface area contributed by atoms with Gasteiger partial charge in [0.15, 0.2) is 0 Å². The molecular weight excluding hydrogens is 506 g/mol. The monoisotopic (exact) mass is 531 g/mol. The standard InChI is InChI=1S/C28H26ClN5O2S/c1-17-5-4-6-19(15-17)16-37-28-32-27-30-18(2)24(26(35)31-22-11-13-23(36-3)14-12-22)25(34(27)33-28)20-7-9-21(29)10-8-20/h4-15,25H,16H2,1-3H3,(H,31,35)(H,30,32,33). The Labute approximate surface area is 224 Å². The van der Waals surface area contributed by atoms with Gasteiger partial charge in [-0.1, -0.05) is 65.3 Å². The highest BCUT2D eigenvalue weighted by atomic mass is 35.5. The molecule has 188 valence electrons. The quantitative estimate of drug-likeness (QED) is 0.266. The normalized spacial score (nSPS) is 14.6. The zero-order valence-corrected chi connectivity index (χ0v) is 22.2. The number of hydrogen-bond donors (Lipinski definition) is 2. The summed E-state index contributed by atoms with van der Waals surface area (Å²) in [5.41, 5.74) is 5.22. The second-order valence-corrected chi connectivity index (χ2v) is 10.1. The molecule has 37 heavy (non-hydrogen) atoms. The largest absolute Gasteiger partial charge is 0.497 e. The Balaban J connectivity index is 1.46. The van der Waals surface area contributed by atoms with Crippen molar-refractivity contribution in [2.45, 2.75) is 30.8 Å². The van der Waals surface area contributed by atoms with E-state index in [-0.39, 0.29) is 5.91 Å². The number of aryl methyl sites for hydroxylation is 1. The minimum atomic E-state index is -0.479. The predicted molar refractivity (Wildman–Crippen MR) is 148 cm³/mol. The van der Waals surface area contributed by atoms with Crippen molar-refractivity contribution in [2.24, 2.45) is 0 Å². The number of fused-ring (bicyclic) bond motifs is 1. The average Bonchev–Trinajstić information content (AvgIpc) is 3.30. The van der Waals surface area contributed by atoms with Crippen molar-refractivity contribution >= 4 is 40.9 Å². The van der Waals surface area contributed by atoms with Crippen LogP contribution in [-0.2, 0) is 10.5 Å². The van der Waals surface area contributed by atoms with Gasteiger partial charge in [0.25, 0.3) is 5.91 Å².